The van der Waals surface area contributed by atoms with Gasteiger partial charge in [-0.15, -0.1) is 0 Å². The summed E-state index contributed by atoms with van der Waals surface area (Å²) < 4.78 is 16.8. The minimum absolute atomic E-state index is 0.214. The Balaban J connectivity index is 1.58. The first-order chi connectivity index (χ1) is 12.2. The van der Waals surface area contributed by atoms with Gasteiger partial charge in [-0.1, -0.05) is 6.42 Å². The molecule has 0 amide bonds. The third-order valence-electron chi connectivity index (χ3n) is 5.24. The van der Waals surface area contributed by atoms with E-state index >= 15 is 0 Å². The van der Waals surface area contributed by atoms with Crippen molar-refractivity contribution in [1.82, 2.24) is 4.90 Å². The van der Waals surface area contributed by atoms with Crippen molar-refractivity contribution in [3.05, 3.63) is 23.8 Å². The fourth-order valence-corrected chi connectivity index (χ4v) is 3.88. The smallest absolute Gasteiger partial charge is 0.162 e. The summed E-state index contributed by atoms with van der Waals surface area (Å²) in [5.74, 6) is 1.51. The van der Waals surface area contributed by atoms with Gasteiger partial charge in [-0.05, 0) is 25.0 Å². The number of ether oxygens (including phenoxy) is 3. The summed E-state index contributed by atoms with van der Waals surface area (Å²) in [4.78, 5) is 2.37. The van der Waals surface area contributed by atoms with Crippen LogP contribution in [0.2, 0.25) is 0 Å². The van der Waals surface area contributed by atoms with Crippen LogP contribution in [0.15, 0.2) is 18.2 Å². The summed E-state index contributed by atoms with van der Waals surface area (Å²) >= 11 is 0. The second-order valence-electron chi connectivity index (χ2n) is 6.67. The summed E-state index contributed by atoms with van der Waals surface area (Å²) in [7, 11) is 1.57. The van der Waals surface area contributed by atoms with Gasteiger partial charge in [0, 0.05) is 31.1 Å². The number of aliphatic hydroxyl groups is 1. The van der Waals surface area contributed by atoms with Crippen LogP contribution in [0.3, 0.4) is 0 Å². The van der Waals surface area contributed by atoms with Gasteiger partial charge < -0.3 is 19.3 Å². The van der Waals surface area contributed by atoms with E-state index in [2.05, 4.69) is 11.0 Å². The van der Waals surface area contributed by atoms with E-state index in [1.165, 1.54) is 0 Å². The summed E-state index contributed by atoms with van der Waals surface area (Å²) in [5, 5.41) is 19.2. The van der Waals surface area contributed by atoms with E-state index < -0.39 is 0 Å². The third-order valence-corrected chi connectivity index (χ3v) is 5.24. The van der Waals surface area contributed by atoms with Crippen LogP contribution in [-0.2, 0) is 4.74 Å². The van der Waals surface area contributed by atoms with Gasteiger partial charge in [0.05, 0.1) is 38.1 Å². The zero-order chi connectivity index (χ0) is 17.6. The zero-order valence-electron chi connectivity index (χ0n) is 14.7. The standard InChI is InChI=1S/C19H26N2O4/c1-23-19-11-14(12-20)5-6-18(19)25-10-8-21-7-9-24-13-16(21)15-3-2-4-17(15)22/h5-6,11,15-17,22H,2-4,7-10,13H2,1H3/t15-,16+,17+/m0/s1. The van der Waals surface area contributed by atoms with E-state index in [0.29, 0.717) is 36.2 Å². The van der Waals surface area contributed by atoms with E-state index in [4.69, 9.17) is 19.5 Å². The second kappa shape index (κ2) is 8.52. The first-order valence-electron chi connectivity index (χ1n) is 8.93. The average Bonchev–Trinajstić information content (AvgIpc) is 3.08. The fourth-order valence-electron chi connectivity index (χ4n) is 3.88. The Bertz CT molecular complexity index is 616. The van der Waals surface area contributed by atoms with Gasteiger partial charge in [0.15, 0.2) is 11.5 Å². The molecule has 1 N–H and O–H groups in total. The lowest BCUT2D eigenvalue weighted by Crippen LogP contribution is -2.52. The average molecular weight is 346 g/mol. The molecule has 1 saturated heterocycles. The largest absolute Gasteiger partial charge is 0.493 e. The van der Waals surface area contributed by atoms with Crippen molar-refractivity contribution in [2.75, 3.05) is 40.0 Å². The van der Waals surface area contributed by atoms with Crippen molar-refractivity contribution in [1.29, 1.82) is 5.26 Å². The molecule has 1 aromatic rings. The Morgan fingerprint density at radius 1 is 1.36 bits per heavy atom. The number of nitrogens with zero attached hydrogens (tertiary/aromatic N) is 2. The summed E-state index contributed by atoms with van der Waals surface area (Å²) in [6, 6.07) is 7.54. The molecule has 1 aliphatic carbocycles. The first-order valence-corrected chi connectivity index (χ1v) is 8.93. The zero-order valence-corrected chi connectivity index (χ0v) is 14.7. The molecule has 0 aromatic heterocycles. The van der Waals surface area contributed by atoms with Gasteiger partial charge in [-0.3, -0.25) is 4.90 Å². The van der Waals surface area contributed by atoms with Crippen molar-refractivity contribution in [2.24, 2.45) is 5.92 Å². The molecule has 0 radical (unpaired) electrons. The van der Waals surface area contributed by atoms with E-state index in [0.717, 1.165) is 39.0 Å². The van der Waals surface area contributed by atoms with Crippen LogP contribution < -0.4 is 9.47 Å². The van der Waals surface area contributed by atoms with E-state index in [9.17, 15) is 5.11 Å². The lowest BCUT2D eigenvalue weighted by molar-refractivity contribution is -0.0532. The Kier molecular flexibility index (Phi) is 6.14. The number of hydrogen-bond acceptors (Lipinski definition) is 6. The molecule has 3 rings (SSSR count). The second-order valence-corrected chi connectivity index (χ2v) is 6.67. The lowest BCUT2D eigenvalue weighted by atomic mass is 9.94. The van der Waals surface area contributed by atoms with Crippen LogP contribution in [0.4, 0.5) is 0 Å². The molecule has 6 heteroatoms. The topological polar surface area (TPSA) is 75.0 Å². The number of rotatable bonds is 6. The van der Waals surface area contributed by atoms with E-state index in [1.807, 2.05) is 0 Å². The minimum atomic E-state index is -0.214. The van der Waals surface area contributed by atoms with Gasteiger partial charge >= 0.3 is 0 Å². The Hall–Kier alpha value is -1.81. The molecular weight excluding hydrogens is 320 g/mol. The minimum Gasteiger partial charge on any atom is -0.493 e. The predicted octanol–water partition coefficient (Wildman–Crippen LogP) is 1.81. The fraction of sp³-hybridized carbons (Fsp3) is 0.632. The van der Waals surface area contributed by atoms with Crippen molar-refractivity contribution < 1.29 is 19.3 Å². The monoisotopic (exact) mass is 346 g/mol. The Morgan fingerprint density at radius 2 is 2.24 bits per heavy atom. The lowest BCUT2D eigenvalue weighted by Gasteiger charge is -2.40. The van der Waals surface area contributed by atoms with E-state index in [1.54, 1.807) is 25.3 Å². The molecule has 0 spiro atoms. The maximum absolute atomic E-state index is 10.2. The summed E-state index contributed by atoms with van der Waals surface area (Å²) in [5.41, 5.74) is 0.549. The van der Waals surface area contributed by atoms with Gasteiger partial charge in [0.1, 0.15) is 6.61 Å². The van der Waals surface area contributed by atoms with E-state index in [-0.39, 0.29) is 12.1 Å². The number of morpholine rings is 1. The normalized spacial score (nSPS) is 27.0. The Morgan fingerprint density at radius 3 is 2.96 bits per heavy atom. The highest BCUT2D eigenvalue weighted by Gasteiger charge is 2.37. The maximum atomic E-state index is 10.2. The van der Waals surface area contributed by atoms with Crippen LogP contribution >= 0.6 is 0 Å². The quantitative estimate of drug-likeness (QED) is 0.847. The highest BCUT2D eigenvalue weighted by atomic mass is 16.5. The summed E-state index contributed by atoms with van der Waals surface area (Å²) in [6.07, 6.45) is 2.84. The number of nitriles is 1. The van der Waals surface area contributed by atoms with Crippen LogP contribution in [-0.4, -0.2) is 62.2 Å². The highest BCUT2D eigenvalue weighted by Crippen LogP contribution is 2.32. The number of benzene rings is 1. The molecule has 2 fully saturated rings. The maximum Gasteiger partial charge on any atom is 0.162 e. The van der Waals surface area contributed by atoms with Crippen LogP contribution in [0.1, 0.15) is 24.8 Å². The molecule has 3 atom stereocenters. The van der Waals surface area contributed by atoms with Gasteiger partial charge in [-0.2, -0.15) is 5.26 Å². The molecule has 1 aliphatic heterocycles. The third kappa shape index (κ3) is 4.24. The van der Waals surface area contributed by atoms with Crippen molar-refractivity contribution >= 4 is 0 Å². The van der Waals surface area contributed by atoms with Crippen molar-refractivity contribution in [2.45, 2.75) is 31.4 Å². The van der Waals surface area contributed by atoms with Gasteiger partial charge in [0.2, 0.25) is 0 Å². The van der Waals surface area contributed by atoms with Crippen LogP contribution in [0, 0.1) is 17.2 Å². The molecule has 0 bridgehead atoms. The molecular formula is C19H26N2O4. The molecule has 1 aromatic carbocycles. The number of hydrogen-bond donors (Lipinski definition) is 1. The molecule has 6 nitrogen and oxygen atoms in total. The van der Waals surface area contributed by atoms with Crippen LogP contribution in [0.25, 0.3) is 0 Å². The van der Waals surface area contributed by atoms with Crippen molar-refractivity contribution in [3.63, 3.8) is 0 Å². The molecule has 25 heavy (non-hydrogen) atoms. The summed E-state index contributed by atoms with van der Waals surface area (Å²) in [6.45, 7) is 3.57. The highest BCUT2D eigenvalue weighted by molar-refractivity contribution is 5.46. The first kappa shape index (κ1) is 18.0. The molecule has 1 heterocycles. The van der Waals surface area contributed by atoms with Crippen LogP contribution in [0.5, 0.6) is 11.5 Å². The van der Waals surface area contributed by atoms with Gasteiger partial charge in [0.25, 0.3) is 0 Å². The number of aliphatic hydroxyl groups excluding tert-OH is 1. The molecule has 2 aliphatic rings. The molecule has 0 unspecified atom stereocenters. The van der Waals surface area contributed by atoms with Crippen molar-refractivity contribution in [3.8, 4) is 17.6 Å². The Labute approximate surface area is 148 Å². The molecule has 1 saturated carbocycles. The van der Waals surface area contributed by atoms with Gasteiger partial charge in [-0.25, -0.2) is 0 Å². The predicted molar refractivity (Wildman–Crippen MR) is 92.7 cm³/mol. The molecule has 136 valence electrons. The SMILES string of the molecule is COc1cc(C#N)ccc1OCCN1CCOC[C@@H]1[C@@H]1CCC[C@H]1O. The number of methoxy groups -OCH3 is 1.